The predicted octanol–water partition coefficient (Wildman–Crippen LogP) is 3.24. The highest BCUT2D eigenvalue weighted by Gasteiger charge is 2.31. The molecular formula is C13H20ClNO. The van der Waals surface area contributed by atoms with Gasteiger partial charge in [0.05, 0.1) is 7.11 Å². The van der Waals surface area contributed by atoms with E-state index in [1.807, 2.05) is 18.2 Å². The van der Waals surface area contributed by atoms with Gasteiger partial charge in [-0.1, -0.05) is 37.5 Å². The van der Waals surface area contributed by atoms with Gasteiger partial charge in [-0.15, -0.1) is 12.4 Å². The molecule has 16 heavy (non-hydrogen) atoms. The standard InChI is InChI=1S/C13H19NO.ClH/c1-15-12-8-4-3-7-11(12)13(14)9-5-2-6-10-13;/h3-4,7-8H,2,5-6,9-10,14H2,1H3;1H. The fourth-order valence-corrected chi connectivity index (χ4v) is 2.51. The summed E-state index contributed by atoms with van der Waals surface area (Å²) in [4.78, 5) is 0. The Morgan fingerprint density at radius 3 is 2.38 bits per heavy atom. The maximum absolute atomic E-state index is 6.48. The fraction of sp³-hybridized carbons (Fsp3) is 0.538. The molecule has 1 fully saturated rings. The number of hydrogen-bond acceptors (Lipinski definition) is 2. The molecule has 0 heterocycles. The van der Waals surface area contributed by atoms with E-state index in [1.165, 1.54) is 24.8 Å². The van der Waals surface area contributed by atoms with Crippen LogP contribution in [-0.4, -0.2) is 7.11 Å². The summed E-state index contributed by atoms with van der Waals surface area (Å²) in [6.07, 6.45) is 5.93. The molecule has 0 aliphatic heterocycles. The normalized spacial score (nSPS) is 18.6. The number of rotatable bonds is 2. The van der Waals surface area contributed by atoms with Crippen molar-refractivity contribution < 1.29 is 4.74 Å². The summed E-state index contributed by atoms with van der Waals surface area (Å²) in [6.45, 7) is 0. The van der Waals surface area contributed by atoms with Gasteiger partial charge < -0.3 is 10.5 Å². The molecule has 1 aliphatic rings. The van der Waals surface area contributed by atoms with Crippen LogP contribution in [0.1, 0.15) is 37.7 Å². The smallest absolute Gasteiger partial charge is 0.123 e. The van der Waals surface area contributed by atoms with Crippen molar-refractivity contribution in [3.05, 3.63) is 29.8 Å². The Balaban J connectivity index is 0.00000128. The maximum Gasteiger partial charge on any atom is 0.123 e. The lowest BCUT2D eigenvalue weighted by Crippen LogP contribution is -2.38. The van der Waals surface area contributed by atoms with Crippen molar-refractivity contribution in [3.8, 4) is 5.75 Å². The molecule has 0 unspecified atom stereocenters. The molecule has 0 spiro atoms. The third-order valence-corrected chi connectivity index (χ3v) is 3.39. The second kappa shape index (κ2) is 5.55. The summed E-state index contributed by atoms with van der Waals surface area (Å²) < 4.78 is 5.38. The minimum absolute atomic E-state index is 0. The lowest BCUT2D eigenvalue weighted by atomic mass is 9.77. The van der Waals surface area contributed by atoms with Crippen LogP contribution in [0.4, 0.5) is 0 Å². The van der Waals surface area contributed by atoms with Crippen LogP contribution in [0.3, 0.4) is 0 Å². The van der Waals surface area contributed by atoms with E-state index < -0.39 is 0 Å². The van der Waals surface area contributed by atoms with Crippen molar-refractivity contribution in [2.75, 3.05) is 7.11 Å². The lowest BCUT2D eigenvalue weighted by molar-refractivity contribution is 0.289. The molecule has 0 amide bonds. The maximum atomic E-state index is 6.48. The summed E-state index contributed by atoms with van der Waals surface area (Å²) in [5.74, 6) is 0.932. The molecule has 2 rings (SSSR count). The van der Waals surface area contributed by atoms with Crippen molar-refractivity contribution in [1.29, 1.82) is 0 Å². The number of hydrogen-bond donors (Lipinski definition) is 1. The molecule has 0 atom stereocenters. The highest BCUT2D eigenvalue weighted by Crippen LogP contribution is 2.38. The highest BCUT2D eigenvalue weighted by atomic mass is 35.5. The Morgan fingerprint density at radius 1 is 1.12 bits per heavy atom. The summed E-state index contributed by atoms with van der Waals surface area (Å²) in [5.41, 5.74) is 7.49. The van der Waals surface area contributed by atoms with E-state index in [0.717, 1.165) is 18.6 Å². The average Bonchev–Trinajstić information content (AvgIpc) is 2.30. The van der Waals surface area contributed by atoms with Crippen molar-refractivity contribution in [1.82, 2.24) is 0 Å². The van der Waals surface area contributed by atoms with Gasteiger partial charge in [-0.2, -0.15) is 0 Å². The first-order chi connectivity index (χ1) is 7.26. The van der Waals surface area contributed by atoms with Gasteiger partial charge in [0.1, 0.15) is 5.75 Å². The van der Waals surface area contributed by atoms with Crippen molar-refractivity contribution >= 4 is 12.4 Å². The van der Waals surface area contributed by atoms with E-state index in [2.05, 4.69) is 6.07 Å². The zero-order chi connectivity index (χ0) is 10.7. The molecule has 0 bridgehead atoms. The van der Waals surface area contributed by atoms with Crippen LogP contribution in [0.15, 0.2) is 24.3 Å². The Hall–Kier alpha value is -0.730. The van der Waals surface area contributed by atoms with Gasteiger partial charge in [-0.05, 0) is 18.9 Å². The molecule has 0 radical (unpaired) electrons. The number of para-hydroxylation sites is 1. The zero-order valence-corrected chi connectivity index (χ0v) is 10.6. The van der Waals surface area contributed by atoms with E-state index >= 15 is 0 Å². The van der Waals surface area contributed by atoms with E-state index in [1.54, 1.807) is 7.11 Å². The summed E-state index contributed by atoms with van der Waals surface area (Å²) >= 11 is 0. The second-order valence-electron chi connectivity index (χ2n) is 4.42. The van der Waals surface area contributed by atoms with E-state index in [0.29, 0.717) is 0 Å². The predicted molar refractivity (Wildman–Crippen MR) is 69.2 cm³/mol. The SMILES string of the molecule is COc1ccccc1C1(N)CCCCC1.Cl. The molecule has 1 aliphatic carbocycles. The molecule has 1 aromatic carbocycles. The quantitative estimate of drug-likeness (QED) is 0.863. The van der Waals surface area contributed by atoms with Gasteiger partial charge >= 0.3 is 0 Å². The first-order valence-corrected chi connectivity index (χ1v) is 5.69. The third kappa shape index (κ3) is 2.50. The van der Waals surface area contributed by atoms with E-state index in [9.17, 15) is 0 Å². The minimum atomic E-state index is -0.162. The van der Waals surface area contributed by atoms with Gasteiger partial charge in [0.25, 0.3) is 0 Å². The number of ether oxygens (including phenoxy) is 1. The number of halogens is 1. The van der Waals surface area contributed by atoms with Gasteiger partial charge in [0, 0.05) is 11.1 Å². The molecule has 0 saturated heterocycles. The van der Waals surface area contributed by atoms with Gasteiger partial charge in [0.2, 0.25) is 0 Å². The van der Waals surface area contributed by atoms with Gasteiger partial charge in [-0.3, -0.25) is 0 Å². The lowest BCUT2D eigenvalue weighted by Gasteiger charge is -2.34. The first-order valence-electron chi connectivity index (χ1n) is 5.69. The van der Waals surface area contributed by atoms with Crippen molar-refractivity contribution in [2.24, 2.45) is 5.73 Å². The Labute approximate surface area is 104 Å². The first kappa shape index (κ1) is 13.3. The summed E-state index contributed by atoms with van der Waals surface area (Å²) in [5, 5.41) is 0. The number of nitrogens with two attached hydrogens (primary N) is 1. The topological polar surface area (TPSA) is 35.2 Å². The van der Waals surface area contributed by atoms with Crippen LogP contribution in [0.25, 0.3) is 0 Å². The summed E-state index contributed by atoms with van der Waals surface area (Å²) in [6, 6.07) is 8.14. The number of methoxy groups -OCH3 is 1. The second-order valence-corrected chi connectivity index (χ2v) is 4.42. The van der Waals surface area contributed by atoms with Crippen LogP contribution in [-0.2, 0) is 5.54 Å². The monoisotopic (exact) mass is 241 g/mol. The average molecular weight is 242 g/mol. The van der Waals surface area contributed by atoms with E-state index in [-0.39, 0.29) is 17.9 Å². The molecule has 2 nitrogen and oxygen atoms in total. The summed E-state index contributed by atoms with van der Waals surface area (Å²) in [7, 11) is 1.71. The van der Waals surface area contributed by atoms with Crippen LogP contribution in [0.2, 0.25) is 0 Å². The molecule has 3 heteroatoms. The van der Waals surface area contributed by atoms with Crippen LogP contribution in [0, 0.1) is 0 Å². The zero-order valence-electron chi connectivity index (χ0n) is 9.74. The molecule has 90 valence electrons. The molecule has 1 saturated carbocycles. The third-order valence-electron chi connectivity index (χ3n) is 3.39. The van der Waals surface area contributed by atoms with E-state index in [4.69, 9.17) is 10.5 Å². The molecule has 0 aromatic heterocycles. The van der Waals surface area contributed by atoms with Crippen molar-refractivity contribution in [2.45, 2.75) is 37.6 Å². The Kier molecular flexibility index (Phi) is 4.63. The molecule has 2 N–H and O–H groups in total. The molecular weight excluding hydrogens is 222 g/mol. The van der Waals surface area contributed by atoms with Gasteiger partial charge in [-0.25, -0.2) is 0 Å². The molecule has 1 aromatic rings. The Morgan fingerprint density at radius 2 is 1.75 bits per heavy atom. The Bertz CT molecular complexity index is 334. The largest absolute Gasteiger partial charge is 0.496 e. The minimum Gasteiger partial charge on any atom is -0.496 e. The number of benzene rings is 1. The van der Waals surface area contributed by atoms with Crippen molar-refractivity contribution in [3.63, 3.8) is 0 Å². The van der Waals surface area contributed by atoms with Gasteiger partial charge in [0.15, 0.2) is 0 Å². The van der Waals surface area contributed by atoms with Crippen LogP contribution in [0.5, 0.6) is 5.75 Å². The van der Waals surface area contributed by atoms with Crippen LogP contribution < -0.4 is 10.5 Å². The fourth-order valence-electron chi connectivity index (χ4n) is 2.51. The van der Waals surface area contributed by atoms with Crippen LogP contribution >= 0.6 is 12.4 Å². The highest BCUT2D eigenvalue weighted by molar-refractivity contribution is 5.85.